The number of aryl methyl sites for hydroxylation is 1. The van der Waals surface area contributed by atoms with Crippen LogP contribution in [0.15, 0.2) is 83.8 Å². The zero-order valence-corrected chi connectivity index (χ0v) is 16.6. The van der Waals surface area contributed by atoms with E-state index in [0.29, 0.717) is 10.9 Å². The zero-order valence-electron chi connectivity index (χ0n) is 14.9. The maximum Gasteiger partial charge on any atom is 0.175 e. The first-order chi connectivity index (χ1) is 13.1. The normalized spacial score (nSPS) is 10.3. The minimum Gasteiger partial charge on any atom is -0.332 e. The summed E-state index contributed by atoms with van der Waals surface area (Å²) in [6.45, 7) is 2.01. The Bertz CT molecular complexity index is 925. The maximum absolute atomic E-state index is 12.3. The van der Waals surface area contributed by atoms with Crippen LogP contribution in [0.2, 0.25) is 0 Å². The molecule has 0 atom stereocenters. The van der Waals surface area contributed by atoms with E-state index >= 15 is 0 Å². The van der Waals surface area contributed by atoms with E-state index in [9.17, 15) is 4.79 Å². The number of Topliss-reactive ketones (excluding diaryl/α,β-unsaturated/α-hetero) is 1. The van der Waals surface area contributed by atoms with E-state index in [-0.39, 0.29) is 5.78 Å². The van der Waals surface area contributed by atoms with Gasteiger partial charge in [-0.1, -0.05) is 54.1 Å². The van der Waals surface area contributed by atoms with Crippen LogP contribution in [0.5, 0.6) is 0 Å². The van der Waals surface area contributed by atoms with Crippen molar-refractivity contribution in [2.24, 2.45) is 0 Å². The van der Waals surface area contributed by atoms with Gasteiger partial charge in [-0.15, -0.1) is 11.8 Å². The molecule has 0 unspecified atom stereocenters. The van der Waals surface area contributed by atoms with E-state index in [4.69, 9.17) is 12.2 Å². The van der Waals surface area contributed by atoms with Crippen molar-refractivity contribution in [1.29, 1.82) is 0 Å². The third-order valence-electron chi connectivity index (χ3n) is 3.87. The molecular weight excluding hydrogens is 372 g/mol. The summed E-state index contributed by atoms with van der Waals surface area (Å²) in [5.41, 5.74) is 3.72. The minimum absolute atomic E-state index is 0.125. The third kappa shape index (κ3) is 5.94. The van der Waals surface area contributed by atoms with Crippen LogP contribution in [0.1, 0.15) is 15.9 Å². The Morgan fingerprint density at radius 3 is 2.30 bits per heavy atom. The highest BCUT2D eigenvalue weighted by molar-refractivity contribution is 8.00. The molecule has 3 nitrogen and oxygen atoms in total. The molecule has 3 aromatic rings. The molecule has 5 heteroatoms. The summed E-state index contributed by atoms with van der Waals surface area (Å²) in [5, 5.41) is 6.85. The standard InChI is InChI=1S/C22H20N2OS2/c1-16-10-12-17(13-11-16)21(25)15-27-20-9-5-8-19(14-20)24-22(26)23-18-6-3-2-4-7-18/h2-14H,15H2,1H3,(H2,23,24,26). The first-order valence-electron chi connectivity index (χ1n) is 8.56. The highest BCUT2D eigenvalue weighted by atomic mass is 32.2. The lowest BCUT2D eigenvalue weighted by molar-refractivity contribution is 0.102. The van der Waals surface area contributed by atoms with Gasteiger partial charge in [-0.05, 0) is 49.5 Å². The van der Waals surface area contributed by atoms with Crippen LogP contribution in [0.25, 0.3) is 0 Å². The summed E-state index contributed by atoms with van der Waals surface area (Å²) in [5.74, 6) is 0.527. The fourth-order valence-electron chi connectivity index (χ4n) is 2.45. The molecule has 0 amide bonds. The summed E-state index contributed by atoms with van der Waals surface area (Å²) < 4.78 is 0. The number of carbonyl (C=O) groups excluding carboxylic acids is 1. The van der Waals surface area contributed by atoms with Crippen molar-refractivity contribution < 1.29 is 4.79 Å². The Kier molecular flexibility index (Phi) is 6.63. The molecule has 136 valence electrons. The van der Waals surface area contributed by atoms with Crippen LogP contribution in [0.4, 0.5) is 11.4 Å². The quantitative estimate of drug-likeness (QED) is 0.316. The van der Waals surface area contributed by atoms with Crippen molar-refractivity contribution in [2.75, 3.05) is 16.4 Å². The number of hydrogen-bond donors (Lipinski definition) is 2. The second-order valence-electron chi connectivity index (χ2n) is 6.05. The highest BCUT2D eigenvalue weighted by Crippen LogP contribution is 2.23. The van der Waals surface area contributed by atoms with Crippen molar-refractivity contribution in [3.63, 3.8) is 0 Å². The molecule has 27 heavy (non-hydrogen) atoms. The number of ketones is 1. The molecule has 0 saturated heterocycles. The minimum atomic E-state index is 0.125. The first-order valence-corrected chi connectivity index (χ1v) is 9.95. The molecule has 3 aromatic carbocycles. The number of thiocarbonyl (C=S) groups is 1. The second kappa shape index (κ2) is 9.35. The topological polar surface area (TPSA) is 41.1 Å². The number of benzene rings is 3. The monoisotopic (exact) mass is 392 g/mol. The number of para-hydroxylation sites is 1. The average molecular weight is 393 g/mol. The summed E-state index contributed by atoms with van der Waals surface area (Å²) in [6.07, 6.45) is 0. The van der Waals surface area contributed by atoms with Gasteiger partial charge in [0.2, 0.25) is 0 Å². The molecule has 0 spiro atoms. The van der Waals surface area contributed by atoms with Gasteiger partial charge in [0.05, 0.1) is 5.75 Å². The molecular formula is C22H20N2OS2. The molecule has 0 saturated carbocycles. The largest absolute Gasteiger partial charge is 0.332 e. The number of anilines is 2. The molecule has 0 aliphatic heterocycles. The molecule has 0 aliphatic carbocycles. The van der Waals surface area contributed by atoms with Crippen molar-refractivity contribution in [3.05, 3.63) is 90.0 Å². The maximum atomic E-state index is 12.3. The van der Waals surface area contributed by atoms with Crippen LogP contribution in [-0.2, 0) is 0 Å². The average Bonchev–Trinajstić information content (AvgIpc) is 2.67. The van der Waals surface area contributed by atoms with Crippen molar-refractivity contribution >= 4 is 46.3 Å². The third-order valence-corrected chi connectivity index (χ3v) is 5.06. The number of carbonyl (C=O) groups is 1. The zero-order chi connectivity index (χ0) is 19.1. The Morgan fingerprint density at radius 2 is 1.56 bits per heavy atom. The molecule has 0 heterocycles. The fraction of sp³-hybridized carbons (Fsp3) is 0.0909. The van der Waals surface area contributed by atoms with Gasteiger partial charge in [-0.3, -0.25) is 4.79 Å². The summed E-state index contributed by atoms with van der Waals surface area (Å²) in [7, 11) is 0. The number of nitrogens with one attached hydrogen (secondary N) is 2. The molecule has 0 radical (unpaired) electrons. The van der Waals surface area contributed by atoms with Gasteiger partial charge in [0.1, 0.15) is 0 Å². The number of thioether (sulfide) groups is 1. The Labute approximate surface area is 169 Å². The summed E-state index contributed by atoms with van der Waals surface area (Å²) >= 11 is 6.88. The van der Waals surface area contributed by atoms with E-state index in [1.54, 1.807) is 0 Å². The molecule has 0 fully saturated rings. The van der Waals surface area contributed by atoms with E-state index in [1.165, 1.54) is 11.8 Å². The summed E-state index contributed by atoms with van der Waals surface area (Å²) in [6, 6.07) is 25.3. The van der Waals surface area contributed by atoms with Gasteiger partial charge in [0, 0.05) is 21.8 Å². The Balaban J connectivity index is 1.56. The van der Waals surface area contributed by atoms with E-state index in [1.807, 2.05) is 85.8 Å². The highest BCUT2D eigenvalue weighted by Gasteiger charge is 2.07. The van der Waals surface area contributed by atoms with Crippen molar-refractivity contribution in [1.82, 2.24) is 0 Å². The van der Waals surface area contributed by atoms with Gasteiger partial charge in [0.15, 0.2) is 10.9 Å². The van der Waals surface area contributed by atoms with Crippen LogP contribution in [-0.4, -0.2) is 16.6 Å². The van der Waals surface area contributed by atoms with E-state index < -0.39 is 0 Å². The number of rotatable bonds is 6. The van der Waals surface area contributed by atoms with Crippen LogP contribution < -0.4 is 10.6 Å². The SMILES string of the molecule is Cc1ccc(C(=O)CSc2cccc(NC(=S)Nc3ccccc3)c2)cc1. The van der Waals surface area contributed by atoms with Crippen molar-refractivity contribution in [2.45, 2.75) is 11.8 Å². The van der Waals surface area contributed by atoms with Gasteiger partial charge in [0.25, 0.3) is 0 Å². The van der Waals surface area contributed by atoms with Gasteiger partial charge >= 0.3 is 0 Å². The predicted octanol–water partition coefficient (Wildman–Crippen LogP) is 5.78. The second-order valence-corrected chi connectivity index (χ2v) is 7.51. The molecule has 0 aliphatic rings. The molecule has 3 rings (SSSR count). The molecule has 2 N–H and O–H groups in total. The fourth-order valence-corrected chi connectivity index (χ4v) is 3.54. The van der Waals surface area contributed by atoms with Crippen LogP contribution in [0.3, 0.4) is 0 Å². The smallest absolute Gasteiger partial charge is 0.175 e. The Hall–Kier alpha value is -2.63. The van der Waals surface area contributed by atoms with E-state index in [0.717, 1.165) is 27.4 Å². The van der Waals surface area contributed by atoms with Gasteiger partial charge < -0.3 is 10.6 Å². The van der Waals surface area contributed by atoms with Crippen molar-refractivity contribution in [3.8, 4) is 0 Å². The summed E-state index contributed by atoms with van der Waals surface area (Å²) in [4.78, 5) is 13.3. The first kappa shape index (κ1) is 19.1. The Morgan fingerprint density at radius 1 is 0.889 bits per heavy atom. The lowest BCUT2D eigenvalue weighted by Crippen LogP contribution is -2.18. The van der Waals surface area contributed by atoms with Gasteiger partial charge in [-0.25, -0.2) is 0 Å². The lowest BCUT2D eigenvalue weighted by Gasteiger charge is -2.11. The van der Waals surface area contributed by atoms with Crippen LogP contribution in [0, 0.1) is 6.92 Å². The van der Waals surface area contributed by atoms with Gasteiger partial charge in [-0.2, -0.15) is 0 Å². The molecule has 0 bridgehead atoms. The lowest BCUT2D eigenvalue weighted by atomic mass is 10.1. The van der Waals surface area contributed by atoms with E-state index in [2.05, 4.69) is 10.6 Å². The number of hydrogen-bond acceptors (Lipinski definition) is 3. The molecule has 0 aromatic heterocycles. The van der Waals surface area contributed by atoms with Crippen LogP contribution >= 0.6 is 24.0 Å². The predicted molar refractivity (Wildman–Crippen MR) is 119 cm³/mol.